The Morgan fingerprint density at radius 3 is 3.04 bits per heavy atom. The Balaban J connectivity index is 0.00000280. The van der Waals surface area contributed by atoms with Gasteiger partial charge in [-0.1, -0.05) is 28.9 Å². The molecule has 0 bridgehead atoms. The number of aliphatic imine (C=N–C) groups is 1. The minimum Gasteiger partial charge on any atom is -0.370 e. The molecule has 2 aromatic rings. The molecule has 1 fully saturated rings. The van der Waals surface area contributed by atoms with Gasteiger partial charge in [0.2, 0.25) is 17.6 Å². The third kappa shape index (κ3) is 6.06. The van der Waals surface area contributed by atoms with Gasteiger partial charge in [0.05, 0.1) is 6.54 Å². The summed E-state index contributed by atoms with van der Waals surface area (Å²) in [6, 6.07) is 7.29. The maximum atomic E-state index is 11.2. The van der Waals surface area contributed by atoms with Gasteiger partial charge in [-0.15, -0.1) is 24.0 Å². The predicted molar refractivity (Wildman–Crippen MR) is 118 cm³/mol. The van der Waals surface area contributed by atoms with Crippen molar-refractivity contribution in [1.29, 1.82) is 0 Å². The van der Waals surface area contributed by atoms with Gasteiger partial charge >= 0.3 is 0 Å². The lowest BCUT2D eigenvalue weighted by molar-refractivity contribution is -0.119. The number of nitrogens with one attached hydrogen (secondary N) is 1. The van der Waals surface area contributed by atoms with Crippen LogP contribution in [-0.2, 0) is 11.3 Å². The molecule has 3 N–H and O–H groups in total. The Hall–Kier alpha value is -1.88. The largest absolute Gasteiger partial charge is 0.370 e. The fraction of sp³-hybridized carbons (Fsp3) is 0.444. The topological polar surface area (TPSA) is 110 Å². The zero-order valence-electron chi connectivity index (χ0n) is 15.6. The van der Waals surface area contributed by atoms with E-state index in [1.165, 1.54) is 0 Å². The van der Waals surface area contributed by atoms with Crippen LogP contribution in [0.3, 0.4) is 0 Å². The van der Waals surface area contributed by atoms with Crippen LogP contribution in [0.2, 0.25) is 5.02 Å². The van der Waals surface area contributed by atoms with E-state index in [2.05, 4.69) is 25.3 Å². The number of carbonyl (C=O) groups excluding carboxylic acids is 1. The monoisotopic (exact) mass is 518 g/mol. The molecule has 0 saturated carbocycles. The quantitative estimate of drug-likeness (QED) is 0.358. The molecule has 10 heteroatoms. The van der Waals surface area contributed by atoms with E-state index in [1.54, 1.807) is 19.2 Å². The van der Waals surface area contributed by atoms with E-state index >= 15 is 0 Å². The lowest BCUT2D eigenvalue weighted by atomic mass is 9.95. The van der Waals surface area contributed by atoms with E-state index in [9.17, 15) is 4.79 Å². The van der Waals surface area contributed by atoms with E-state index in [0.717, 1.165) is 37.5 Å². The number of primary amides is 1. The van der Waals surface area contributed by atoms with Gasteiger partial charge in [0.15, 0.2) is 5.96 Å². The Morgan fingerprint density at radius 1 is 1.50 bits per heavy atom. The van der Waals surface area contributed by atoms with Crippen LogP contribution in [0.15, 0.2) is 33.8 Å². The molecule has 0 spiro atoms. The van der Waals surface area contributed by atoms with Crippen molar-refractivity contribution in [1.82, 2.24) is 20.4 Å². The van der Waals surface area contributed by atoms with Crippen LogP contribution in [0.1, 0.15) is 25.2 Å². The smallest absolute Gasteiger partial charge is 0.246 e. The van der Waals surface area contributed by atoms with E-state index in [4.69, 9.17) is 21.9 Å². The van der Waals surface area contributed by atoms with Crippen LogP contribution in [0.5, 0.6) is 0 Å². The van der Waals surface area contributed by atoms with Crippen LogP contribution in [0.25, 0.3) is 11.4 Å². The highest BCUT2D eigenvalue weighted by Gasteiger charge is 2.23. The molecule has 1 saturated heterocycles. The summed E-state index contributed by atoms with van der Waals surface area (Å²) in [5.41, 5.74) is 6.13. The lowest BCUT2D eigenvalue weighted by Gasteiger charge is -2.34. The lowest BCUT2D eigenvalue weighted by Crippen LogP contribution is -2.46. The highest BCUT2D eigenvalue weighted by Crippen LogP contribution is 2.21. The molecule has 1 aromatic heterocycles. The Kier molecular flexibility index (Phi) is 8.49. The van der Waals surface area contributed by atoms with Gasteiger partial charge in [-0.2, -0.15) is 4.98 Å². The molecule has 8 nitrogen and oxygen atoms in total. The van der Waals surface area contributed by atoms with E-state index in [1.807, 2.05) is 12.1 Å². The summed E-state index contributed by atoms with van der Waals surface area (Å²) in [6.45, 7) is 1.99. The maximum absolute atomic E-state index is 11.2. The molecule has 2 heterocycles. The van der Waals surface area contributed by atoms with Crippen LogP contribution in [0, 0.1) is 5.92 Å². The second-order valence-corrected chi connectivity index (χ2v) is 6.98. The van der Waals surface area contributed by atoms with Gasteiger partial charge in [0.1, 0.15) is 0 Å². The summed E-state index contributed by atoms with van der Waals surface area (Å²) >= 11 is 6.00. The number of amides is 1. The number of guanidine groups is 1. The fourth-order valence-corrected chi connectivity index (χ4v) is 3.46. The van der Waals surface area contributed by atoms with Crippen LogP contribution < -0.4 is 11.1 Å². The van der Waals surface area contributed by atoms with Crippen molar-refractivity contribution >= 4 is 47.4 Å². The number of aromatic nitrogens is 2. The number of benzene rings is 1. The number of carbonyl (C=O) groups is 1. The minimum atomic E-state index is -0.260. The van der Waals surface area contributed by atoms with Crippen molar-refractivity contribution in [2.45, 2.75) is 25.8 Å². The van der Waals surface area contributed by atoms with Crippen LogP contribution in [0.4, 0.5) is 0 Å². The average molecular weight is 519 g/mol. The molecule has 0 aliphatic carbocycles. The van der Waals surface area contributed by atoms with Crippen molar-refractivity contribution in [3.8, 4) is 11.4 Å². The van der Waals surface area contributed by atoms with E-state index < -0.39 is 0 Å². The molecule has 1 unspecified atom stereocenters. The highest BCUT2D eigenvalue weighted by molar-refractivity contribution is 14.0. The summed E-state index contributed by atoms with van der Waals surface area (Å²) in [6.07, 6.45) is 2.40. The van der Waals surface area contributed by atoms with Crippen molar-refractivity contribution < 1.29 is 9.32 Å². The molecular weight excluding hydrogens is 495 g/mol. The maximum Gasteiger partial charge on any atom is 0.246 e. The Labute approximate surface area is 185 Å². The van der Waals surface area contributed by atoms with Crippen molar-refractivity contribution in [2.75, 3.05) is 20.1 Å². The molecule has 1 amide bonds. The number of hydrogen-bond donors (Lipinski definition) is 2. The average Bonchev–Trinajstić information content (AvgIpc) is 3.11. The second kappa shape index (κ2) is 10.6. The number of piperidine rings is 1. The standard InChI is InChI=1S/C18H23ClN6O2.HI/c1-21-18(25-7-3-4-12(11-25)8-15(20)26)22-10-16-23-17(24-27-16)13-5-2-6-14(19)9-13;/h2,5-6,9,12H,3-4,7-8,10-11H2,1H3,(H2,20,26)(H,21,22);1H. The molecule has 1 aromatic carbocycles. The molecule has 1 aliphatic rings. The number of rotatable bonds is 5. The zero-order chi connectivity index (χ0) is 19.2. The molecule has 1 aliphatic heterocycles. The molecular formula is C18H24ClIN6O2. The number of nitrogens with two attached hydrogens (primary N) is 1. The molecule has 152 valence electrons. The van der Waals surface area contributed by atoms with Gasteiger partial charge in [-0.05, 0) is 30.9 Å². The Morgan fingerprint density at radius 2 is 2.32 bits per heavy atom. The first-order valence-electron chi connectivity index (χ1n) is 8.87. The predicted octanol–water partition coefficient (Wildman–Crippen LogP) is 2.67. The van der Waals surface area contributed by atoms with Crippen LogP contribution >= 0.6 is 35.6 Å². The summed E-state index contributed by atoms with van der Waals surface area (Å²) in [5, 5.41) is 7.86. The molecule has 28 heavy (non-hydrogen) atoms. The fourth-order valence-electron chi connectivity index (χ4n) is 3.27. The number of nitrogens with zero attached hydrogens (tertiary/aromatic N) is 4. The van der Waals surface area contributed by atoms with E-state index in [-0.39, 0.29) is 35.8 Å². The second-order valence-electron chi connectivity index (χ2n) is 6.55. The first-order valence-corrected chi connectivity index (χ1v) is 9.25. The van der Waals surface area contributed by atoms with Gasteiger partial charge in [-0.25, -0.2) is 0 Å². The molecule has 3 rings (SSSR count). The van der Waals surface area contributed by atoms with Crippen LogP contribution in [-0.4, -0.2) is 47.0 Å². The third-order valence-electron chi connectivity index (χ3n) is 4.47. The number of halogens is 2. The van der Waals surface area contributed by atoms with Crippen molar-refractivity contribution in [3.63, 3.8) is 0 Å². The first-order chi connectivity index (χ1) is 13.0. The number of likely N-dealkylation sites (tertiary alicyclic amines) is 1. The molecule has 1 atom stereocenters. The number of hydrogen-bond acceptors (Lipinski definition) is 5. The van der Waals surface area contributed by atoms with Gasteiger partial charge in [0.25, 0.3) is 0 Å². The zero-order valence-corrected chi connectivity index (χ0v) is 18.7. The van der Waals surface area contributed by atoms with Crippen molar-refractivity contribution in [2.24, 2.45) is 16.6 Å². The summed E-state index contributed by atoms with van der Waals surface area (Å²) in [5.74, 6) is 1.68. The normalized spacial score (nSPS) is 17.1. The van der Waals surface area contributed by atoms with Gasteiger partial charge < -0.3 is 20.5 Å². The Bertz CT molecular complexity index is 828. The van der Waals surface area contributed by atoms with E-state index in [0.29, 0.717) is 29.7 Å². The van der Waals surface area contributed by atoms with Gasteiger partial charge in [0, 0.05) is 37.1 Å². The third-order valence-corrected chi connectivity index (χ3v) is 4.70. The minimum absolute atomic E-state index is 0. The summed E-state index contributed by atoms with van der Waals surface area (Å²) in [4.78, 5) is 22.0. The summed E-state index contributed by atoms with van der Waals surface area (Å²) in [7, 11) is 1.73. The molecule has 0 radical (unpaired) electrons. The summed E-state index contributed by atoms with van der Waals surface area (Å²) < 4.78 is 5.31. The SMILES string of the molecule is CN=C(NCc1nc(-c2cccc(Cl)c2)no1)N1CCCC(CC(N)=O)C1.I. The van der Waals surface area contributed by atoms with Gasteiger partial charge in [-0.3, -0.25) is 9.79 Å². The van der Waals surface area contributed by atoms with Crippen molar-refractivity contribution in [3.05, 3.63) is 35.2 Å². The highest BCUT2D eigenvalue weighted by atomic mass is 127. The first kappa shape index (κ1) is 22.4.